The first kappa shape index (κ1) is 19.5. The van der Waals surface area contributed by atoms with Crippen molar-refractivity contribution in [2.75, 3.05) is 19.0 Å². The van der Waals surface area contributed by atoms with Gasteiger partial charge in [-0.15, -0.1) is 0 Å². The van der Waals surface area contributed by atoms with E-state index >= 15 is 4.39 Å². The quantitative estimate of drug-likeness (QED) is 0.641. The molecule has 0 bridgehead atoms. The van der Waals surface area contributed by atoms with Crippen molar-refractivity contribution >= 4 is 29.8 Å². The molecule has 0 fully saturated rings. The van der Waals surface area contributed by atoms with E-state index in [0.717, 1.165) is 12.1 Å². The standard InChI is InChI=1S/C17H20F2N3O4P/c1-9(2)8-22-16-11(7-10(18)15(14(16)19)21(3)4)20-17(22)12-5-6-13(26-12)27(23,24)25/h5-7,9H,8H2,1-4H3,(H2,23,24,25). The van der Waals surface area contributed by atoms with E-state index in [1.54, 1.807) is 4.57 Å². The van der Waals surface area contributed by atoms with Crippen molar-refractivity contribution in [2.24, 2.45) is 5.92 Å². The Morgan fingerprint density at radius 3 is 2.48 bits per heavy atom. The Bertz CT molecular complexity index is 1050. The van der Waals surface area contributed by atoms with E-state index in [4.69, 9.17) is 4.42 Å². The fraction of sp³-hybridized carbons (Fsp3) is 0.353. The molecule has 10 heteroatoms. The molecule has 0 aliphatic carbocycles. The van der Waals surface area contributed by atoms with Crippen LogP contribution in [0.2, 0.25) is 0 Å². The summed E-state index contributed by atoms with van der Waals surface area (Å²) in [6.45, 7) is 4.20. The number of furan rings is 1. The number of hydrogen-bond donors (Lipinski definition) is 2. The first-order valence-corrected chi connectivity index (χ1v) is 9.83. The molecular weight excluding hydrogens is 379 g/mol. The summed E-state index contributed by atoms with van der Waals surface area (Å²) in [6, 6.07) is 3.64. The molecule has 2 aromatic heterocycles. The Morgan fingerprint density at radius 2 is 1.96 bits per heavy atom. The highest BCUT2D eigenvalue weighted by atomic mass is 31.2. The summed E-state index contributed by atoms with van der Waals surface area (Å²) in [7, 11) is -1.50. The summed E-state index contributed by atoms with van der Waals surface area (Å²) >= 11 is 0. The molecule has 0 aliphatic rings. The maximum atomic E-state index is 15.1. The first-order valence-electron chi connectivity index (χ1n) is 8.22. The molecule has 0 aliphatic heterocycles. The van der Waals surface area contributed by atoms with Gasteiger partial charge < -0.3 is 23.7 Å². The van der Waals surface area contributed by atoms with E-state index in [1.165, 1.54) is 25.1 Å². The van der Waals surface area contributed by atoms with Crippen LogP contribution in [-0.4, -0.2) is 33.4 Å². The molecule has 0 amide bonds. The maximum Gasteiger partial charge on any atom is 0.391 e. The van der Waals surface area contributed by atoms with Crippen LogP contribution in [0.1, 0.15) is 13.8 Å². The molecule has 27 heavy (non-hydrogen) atoms. The van der Waals surface area contributed by atoms with Crippen LogP contribution in [0, 0.1) is 17.6 Å². The highest BCUT2D eigenvalue weighted by Gasteiger charge is 2.27. The average Bonchev–Trinajstić information content (AvgIpc) is 3.10. The second kappa shape index (κ2) is 6.74. The largest absolute Gasteiger partial charge is 0.445 e. The minimum atomic E-state index is -4.58. The fourth-order valence-corrected chi connectivity index (χ4v) is 3.44. The zero-order valence-electron chi connectivity index (χ0n) is 15.3. The van der Waals surface area contributed by atoms with Gasteiger partial charge in [0.05, 0.1) is 5.52 Å². The summed E-state index contributed by atoms with van der Waals surface area (Å²) in [5.74, 6) is -1.16. The van der Waals surface area contributed by atoms with Gasteiger partial charge >= 0.3 is 7.60 Å². The topological polar surface area (TPSA) is 91.7 Å². The van der Waals surface area contributed by atoms with Crippen LogP contribution < -0.4 is 10.4 Å². The molecular formula is C17H20F2N3O4P. The van der Waals surface area contributed by atoms with Crippen molar-refractivity contribution in [3.63, 3.8) is 0 Å². The van der Waals surface area contributed by atoms with Gasteiger partial charge in [0, 0.05) is 26.7 Å². The molecule has 2 N–H and O–H groups in total. The van der Waals surface area contributed by atoms with Crippen molar-refractivity contribution in [2.45, 2.75) is 20.4 Å². The molecule has 0 saturated heterocycles. The van der Waals surface area contributed by atoms with E-state index in [2.05, 4.69) is 4.98 Å². The number of imidazole rings is 1. The Balaban J connectivity index is 2.31. The van der Waals surface area contributed by atoms with E-state index < -0.39 is 24.7 Å². The molecule has 3 rings (SSSR count). The molecule has 7 nitrogen and oxygen atoms in total. The van der Waals surface area contributed by atoms with Gasteiger partial charge in [-0.3, -0.25) is 4.57 Å². The Labute approximate surface area is 154 Å². The first-order chi connectivity index (χ1) is 12.5. The Kier molecular flexibility index (Phi) is 4.88. The third-order valence-corrected chi connectivity index (χ3v) is 4.81. The summed E-state index contributed by atoms with van der Waals surface area (Å²) in [6.07, 6.45) is 0. The molecule has 0 spiro atoms. The Hall–Kier alpha value is -2.22. The van der Waals surface area contributed by atoms with Crippen molar-refractivity contribution in [1.82, 2.24) is 9.55 Å². The van der Waals surface area contributed by atoms with Crippen molar-refractivity contribution in [1.29, 1.82) is 0 Å². The summed E-state index contributed by atoms with van der Waals surface area (Å²) in [5, 5.41) is 0. The van der Waals surface area contributed by atoms with Crippen LogP contribution in [0.4, 0.5) is 14.5 Å². The number of aromatic nitrogens is 2. The molecule has 0 radical (unpaired) electrons. The lowest BCUT2D eigenvalue weighted by molar-refractivity contribution is 0.377. The number of benzene rings is 1. The lowest BCUT2D eigenvalue weighted by Crippen LogP contribution is -2.14. The van der Waals surface area contributed by atoms with E-state index in [1.807, 2.05) is 13.8 Å². The van der Waals surface area contributed by atoms with Crippen molar-refractivity contribution in [3.05, 3.63) is 29.8 Å². The van der Waals surface area contributed by atoms with Crippen LogP contribution >= 0.6 is 7.60 Å². The summed E-state index contributed by atoms with van der Waals surface area (Å²) in [4.78, 5) is 24.1. The Morgan fingerprint density at radius 1 is 1.30 bits per heavy atom. The van der Waals surface area contributed by atoms with E-state index in [-0.39, 0.29) is 34.2 Å². The van der Waals surface area contributed by atoms with Crippen LogP contribution in [-0.2, 0) is 11.1 Å². The number of fused-ring (bicyclic) bond motifs is 1. The number of hydrogen-bond acceptors (Lipinski definition) is 4. The number of nitrogens with zero attached hydrogens (tertiary/aromatic N) is 3. The number of anilines is 1. The second-order valence-electron chi connectivity index (χ2n) is 6.90. The fourth-order valence-electron chi connectivity index (χ4n) is 2.95. The monoisotopic (exact) mass is 399 g/mol. The zero-order chi connectivity index (χ0) is 20.1. The van der Waals surface area contributed by atoms with Crippen molar-refractivity contribution in [3.8, 4) is 11.6 Å². The minimum absolute atomic E-state index is 0.0661. The van der Waals surface area contributed by atoms with E-state index in [0.29, 0.717) is 6.54 Å². The minimum Gasteiger partial charge on any atom is -0.445 e. The molecule has 3 aromatic rings. The van der Waals surface area contributed by atoms with Crippen LogP contribution in [0.3, 0.4) is 0 Å². The second-order valence-corrected chi connectivity index (χ2v) is 8.43. The third kappa shape index (κ3) is 3.50. The van der Waals surface area contributed by atoms with Crippen molar-refractivity contribution < 1.29 is 27.5 Å². The molecule has 1 aromatic carbocycles. The maximum absolute atomic E-state index is 15.1. The summed E-state index contributed by atoms with van der Waals surface area (Å²) < 4.78 is 47.7. The van der Waals surface area contributed by atoms with Gasteiger partial charge in [0.2, 0.25) is 5.50 Å². The van der Waals surface area contributed by atoms with Gasteiger partial charge in [-0.25, -0.2) is 13.8 Å². The van der Waals surface area contributed by atoms with Gasteiger partial charge in [0.25, 0.3) is 0 Å². The third-order valence-electron chi connectivity index (χ3n) is 3.99. The van der Waals surface area contributed by atoms with Gasteiger partial charge in [-0.2, -0.15) is 0 Å². The van der Waals surface area contributed by atoms with Crippen LogP contribution in [0.25, 0.3) is 22.6 Å². The molecule has 0 atom stereocenters. The van der Waals surface area contributed by atoms with Gasteiger partial charge in [0.1, 0.15) is 11.2 Å². The average molecular weight is 399 g/mol. The van der Waals surface area contributed by atoms with Gasteiger partial charge in [-0.05, 0) is 18.1 Å². The predicted molar refractivity (Wildman–Crippen MR) is 98.2 cm³/mol. The number of halogens is 2. The van der Waals surface area contributed by atoms with Crippen LogP contribution in [0.15, 0.2) is 22.6 Å². The highest BCUT2D eigenvalue weighted by Crippen LogP contribution is 2.37. The smallest absolute Gasteiger partial charge is 0.391 e. The van der Waals surface area contributed by atoms with Crippen LogP contribution in [0.5, 0.6) is 0 Å². The van der Waals surface area contributed by atoms with Gasteiger partial charge in [-0.1, -0.05) is 13.8 Å². The molecule has 146 valence electrons. The highest BCUT2D eigenvalue weighted by molar-refractivity contribution is 7.59. The molecule has 0 unspecified atom stereocenters. The summed E-state index contributed by atoms with van der Waals surface area (Å²) in [5.41, 5.74) is -0.492. The zero-order valence-corrected chi connectivity index (χ0v) is 16.2. The molecule has 0 saturated carbocycles. The SMILES string of the molecule is CC(C)Cn1c(-c2ccc(P(=O)(O)O)o2)nc2cc(F)c(N(C)C)c(F)c21. The lowest BCUT2D eigenvalue weighted by Gasteiger charge is -2.16. The number of rotatable bonds is 5. The van der Waals surface area contributed by atoms with Gasteiger partial charge in [0.15, 0.2) is 23.2 Å². The van der Waals surface area contributed by atoms with E-state index in [9.17, 15) is 18.7 Å². The molecule has 2 heterocycles. The lowest BCUT2D eigenvalue weighted by atomic mass is 10.2. The predicted octanol–water partition coefficient (Wildman–Crippen LogP) is 3.10. The normalized spacial score (nSPS) is 12.3.